The number of aromatic nitrogens is 3. The van der Waals surface area contributed by atoms with Gasteiger partial charge in [-0.15, -0.1) is 0 Å². The minimum atomic E-state index is 0.322. The number of nitrogen functional groups attached to an aromatic ring is 1. The third-order valence-corrected chi connectivity index (χ3v) is 3.86. The van der Waals surface area contributed by atoms with E-state index in [0.717, 1.165) is 36.5 Å². The van der Waals surface area contributed by atoms with E-state index in [-0.39, 0.29) is 0 Å². The molecule has 2 heterocycles. The van der Waals surface area contributed by atoms with Crippen molar-refractivity contribution in [1.82, 2.24) is 19.9 Å². The fourth-order valence-electron chi connectivity index (χ4n) is 1.98. The zero-order valence-electron chi connectivity index (χ0n) is 11.7. The van der Waals surface area contributed by atoms with Crippen LogP contribution in [0.15, 0.2) is 5.16 Å². The highest BCUT2D eigenvalue weighted by atomic mass is 32.2. The van der Waals surface area contributed by atoms with Crippen LogP contribution in [0.5, 0.6) is 0 Å². The number of nitrogens with two attached hydrogens (primary N) is 1. The molecule has 0 aliphatic carbocycles. The summed E-state index contributed by atoms with van der Waals surface area (Å²) < 4.78 is 0. The number of piperidine rings is 1. The van der Waals surface area contributed by atoms with Gasteiger partial charge in [-0.1, -0.05) is 11.8 Å². The van der Waals surface area contributed by atoms with Crippen molar-refractivity contribution in [2.75, 3.05) is 50.1 Å². The summed E-state index contributed by atoms with van der Waals surface area (Å²) in [6, 6.07) is 0. The molecule has 1 aromatic heterocycles. The van der Waals surface area contributed by atoms with Gasteiger partial charge in [0, 0.05) is 25.4 Å². The second-order valence-corrected chi connectivity index (χ2v) is 6.04. The molecule has 1 fully saturated rings. The van der Waals surface area contributed by atoms with Gasteiger partial charge >= 0.3 is 0 Å². The van der Waals surface area contributed by atoms with Crippen molar-refractivity contribution >= 4 is 23.7 Å². The number of anilines is 2. The Labute approximate surface area is 118 Å². The maximum absolute atomic E-state index is 5.78. The molecule has 106 valence electrons. The van der Waals surface area contributed by atoms with E-state index in [2.05, 4.69) is 38.8 Å². The van der Waals surface area contributed by atoms with Crippen LogP contribution in [0.3, 0.4) is 0 Å². The predicted molar refractivity (Wildman–Crippen MR) is 79.6 cm³/mol. The van der Waals surface area contributed by atoms with Gasteiger partial charge in [0.25, 0.3) is 0 Å². The molecular formula is C12H22N6S. The molecule has 0 aromatic carbocycles. The van der Waals surface area contributed by atoms with Gasteiger partial charge in [-0.25, -0.2) is 0 Å². The number of hydrogen-bond donors (Lipinski definition) is 1. The quantitative estimate of drug-likeness (QED) is 0.811. The summed E-state index contributed by atoms with van der Waals surface area (Å²) >= 11 is 1.63. The predicted octanol–water partition coefficient (Wildman–Crippen LogP) is 1.10. The molecule has 0 radical (unpaired) electrons. The van der Waals surface area contributed by atoms with Crippen LogP contribution in [0.25, 0.3) is 0 Å². The van der Waals surface area contributed by atoms with Crippen LogP contribution in [0.1, 0.15) is 19.3 Å². The fraction of sp³-hybridized carbons (Fsp3) is 0.750. The first-order valence-electron chi connectivity index (χ1n) is 6.69. The Kier molecular flexibility index (Phi) is 5.21. The molecule has 0 unspecified atom stereocenters. The first kappa shape index (κ1) is 14.3. The number of rotatable bonds is 5. The third-order valence-electron chi connectivity index (χ3n) is 3.03. The highest BCUT2D eigenvalue weighted by molar-refractivity contribution is 7.99. The van der Waals surface area contributed by atoms with Crippen LogP contribution in [-0.2, 0) is 0 Å². The molecule has 1 aliphatic rings. The van der Waals surface area contributed by atoms with Gasteiger partial charge in [0.15, 0.2) is 5.16 Å². The van der Waals surface area contributed by atoms with Crippen LogP contribution in [0.4, 0.5) is 11.9 Å². The van der Waals surface area contributed by atoms with Crippen molar-refractivity contribution in [1.29, 1.82) is 0 Å². The van der Waals surface area contributed by atoms with Crippen LogP contribution < -0.4 is 10.6 Å². The molecule has 0 saturated carbocycles. The van der Waals surface area contributed by atoms with Gasteiger partial charge in [-0.05, 0) is 33.4 Å². The molecule has 0 amide bonds. The SMILES string of the molecule is CN(C)CCSc1nc(N)nc(N2CCCCC2)n1. The zero-order chi connectivity index (χ0) is 13.7. The van der Waals surface area contributed by atoms with Gasteiger partial charge in [0.2, 0.25) is 11.9 Å². The van der Waals surface area contributed by atoms with E-state index in [1.165, 1.54) is 19.3 Å². The lowest BCUT2D eigenvalue weighted by Gasteiger charge is -2.26. The number of hydrogen-bond acceptors (Lipinski definition) is 7. The largest absolute Gasteiger partial charge is 0.368 e. The molecule has 7 heteroatoms. The average molecular weight is 282 g/mol. The summed E-state index contributed by atoms with van der Waals surface area (Å²) in [5.74, 6) is 2.01. The summed E-state index contributed by atoms with van der Waals surface area (Å²) in [6.07, 6.45) is 3.70. The molecule has 2 rings (SSSR count). The summed E-state index contributed by atoms with van der Waals surface area (Å²) in [5, 5.41) is 0.731. The van der Waals surface area contributed by atoms with Crippen molar-refractivity contribution in [3.8, 4) is 0 Å². The maximum Gasteiger partial charge on any atom is 0.231 e. The Morgan fingerprint density at radius 3 is 2.58 bits per heavy atom. The van der Waals surface area contributed by atoms with Crippen LogP contribution in [-0.4, -0.2) is 59.3 Å². The molecule has 0 atom stereocenters. The molecule has 1 aromatic rings. The van der Waals surface area contributed by atoms with Crippen molar-refractivity contribution in [2.45, 2.75) is 24.4 Å². The average Bonchev–Trinajstić information content (AvgIpc) is 2.39. The second kappa shape index (κ2) is 6.91. The number of nitrogens with zero attached hydrogens (tertiary/aromatic N) is 5. The third kappa shape index (κ3) is 4.50. The number of thioether (sulfide) groups is 1. The van der Waals surface area contributed by atoms with Crippen LogP contribution in [0.2, 0.25) is 0 Å². The molecular weight excluding hydrogens is 260 g/mol. The molecule has 1 saturated heterocycles. The lowest BCUT2D eigenvalue weighted by molar-refractivity contribution is 0.437. The molecule has 1 aliphatic heterocycles. The molecule has 2 N–H and O–H groups in total. The van der Waals surface area contributed by atoms with Gasteiger partial charge in [-0.3, -0.25) is 0 Å². The van der Waals surface area contributed by atoms with Crippen molar-refractivity contribution in [2.24, 2.45) is 0 Å². The minimum absolute atomic E-state index is 0.322. The summed E-state index contributed by atoms with van der Waals surface area (Å²) in [6.45, 7) is 3.03. The molecule has 0 bridgehead atoms. The summed E-state index contributed by atoms with van der Waals surface area (Å²) in [4.78, 5) is 17.3. The summed E-state index contributed by atoms with van der Waals surface area (Å²) in [7, 11) is 4.11. The van der Waals surface area contributed by atoms with Gasteiger partial charge in [0.1, 0.15) is 0 Å². The van der Waals surface area contributed by atoms with E-state index in [4.69, 9.17) is 5.73 Å². The smallest absolute Gasteiger partial charge is 0.231 e. The van der Waals surface area contributed by atoms with E-state index in [9.17, 15) is 0 Å². The first-order chi connectivity index (χ1) is 9.15. The van der Waals surface area contributed by atoms with E-state index >= 15 is 0 Å². The normalized spacial score (nSPS) is 16.1. The molecule has 6 nitrogen and oxygen atoms in total. The standard InChI is InChI=1S/C12H22N6S/c1-17(2)8-9-19-12-15-10(13)14-11(16-12)18-6-4-3-5-7-18/h3-9H2,1-2H3,(H2,13,14,15,16). The van der Waals surface area contributed by atoms with Crippen LogP contribution >= 0.6 is 11.8 Å². The Hall–Kier alpha value is -1.08. The Morgan fingerprint density at radius 1 is 1.16 bits per heavy atom. The van der Waals surface area contributed by atoms with Gasteiger partial charge in [-0.2, -0.15) is 15.0 Å². The zero-order valence-corrected chi connectivity index (χ0v) is 12.5. The van der Waals surface area contributed by atoms with Crippen molar-refractivity contribution in [3.63, 3.8) is 0 Å². The highest BCUT2D eigenvalue weighted by Crippen LogP contribution is 2.20. The first-order valence-corrected chi connectivity index (χ1v) is 7.68. The molecule has 0 spiro atoms. The van der Waals surface area contributed by atoms with E-state index in [0.29, 0.717) is 5.95 Å². The maximum atomic E-state index is 5.78. The Morgan fingerprint density at radius 2 is 1.89 bits per heavy atom. The summed E-state index contributed by atoms with van der Waals surface area (Å²) in [5.41, 5.74) is 5.78. The van der Waals surface area contributed by atoms with E-state index < -0.39 is 0 Å². The van der Waals surface area contributed by atoms with E-state index in [1.54, 1.807) is 11.8 Å². The molecule has 19 heavy (non-hydrogen) atoms. The second-order valence-electron chi connectivity index (χ2n) is 4.98. The van der Waals surface area contributed by atoms with Gasteiger partial charge in [0.05, 0.1) is 0 Å². The Bertz CT molecular complexity index is 405. The lowest BCUT2D eigenvalue weighted by Crippen LogP contribution is -2.31. The fourth-order valence-corrected chi connectivity index (χ4v) is 2.92. The van der Waals surface area contributed by atoms with E-state index in [1.807, 2.05) is 0 Å². The van der Waals surface area contributed by atoms with Crippen molar-refractivity contribution < 1.29 is 0 Å². The highest BCUT2D eigenvalue weighted by Gasteiger charge is 2.15. The Balaban J connectivity index is 2.01. The monoisotopic (exact) mass is 282 g/mol. The van der Waals surface area contributed by atoms with Crippen molar-refractivity contribution in [3.05, 3.63) is 0 Å². The lowest BCUT2D eigenvalue weighted by atomic mass is 10.1. The topological polar surface area (TPSA) is 71.2 Å². The minimum Gasteiger partial charge on any atom is -0.368 e. The van der Waals surface area contributed by atoms with Crippen LogP contribution in [0, 0.1) is 0 Å². The van der Waals surface area contributed by atoms with Gasteiger partial charge < -0.3 is 15.5 Å².